The Kier molecular flexibility index (Phi) is 5.27. The van der Waals surface area contributed by atoms with Gasteiger partial charge in [0.15, 0.2) is 0 Å². The first kappa shape index (κ1) is 15.4. The molecule has 0 unspecified atom stereocenters. The molecule has 2 rings (SSSR count). The summed E-state index contributed by atoms with van der Waals surface area (Å²) in [6.07, 6.45) is 5.12. The molecule has 1 amide bonds. The van der Waals surface area contributed by atoms with Crippen LogP contribution in [0, 0.1) is 0 Å². The van der Waals surface area contributed by atoms with Gasteiger partial charge in [0.2, 0.25) is 0 Å². The SMILES string of the molecule is CCNc1ncc(Br)cc1C(=O)N(C)Cc1ccncc1. The fraction of sp³-hybridized carbons (Fsp3) is 0.267. The van der Waals surface area contributed by atoms with E-state index in [9.17, 15) is 4.79 Å². The number of carbonyl (C=O) groups is 1. The summed E-state index contributed by atoms with van der Waals surface area (Å²) >= 11 is 3.36. The van der Waals surface area contributed by atoms with Crippen molar-refractivity contribution in [2.75, 3.05) is 18.9 Å². The van der Waals surface area contributed by atoms with Gasteiger partial charge in [-0.2, -0.15) is 0 Å². The highest BCUT2D eigenvalue weighted by atomic mass is 79.9. The van der Waals surface area contributed by atoms with Gasteiger partial charge in [-0.3, -0.25) is 9.78 Å². The largest absolute Gasteiger partial charge is 0.370 e. The summed E-state index contributed by atoms with van der Waals surface area (Å²) < 4.78 is 0.782. The van der Waals surface area contributed by atoms with E-state index in [-0.39, 0.29) is 5.91 Å². The highest BCUT2D eigenvalue weighted by Gasteiger charge is 2.17. The lowest BCUT2D eigenvalue weighted by atomic mass is 10.2. The molecule has 5 nitrogen and oxygen atoms in total. The van der Waals surface area contributed by atoms with E-state index >= 15 is 0 Å². The molecule has 0 aliphatic heterocycles. The van der Waals surface area contributed by atoms with Crippen molar-refractivity contribution in [1.82, 2.24) is 14.9 Å². The molecule has 2 heterocycles. The van der Waals surface area contributed by atoms with Crippen LogP contribution in [0.1, 0.15) is 22.8 Å². The maximum Gasteiger partial charge on any atom is 0.257 e. The van der Waals surface area contributed by atoms with Gasteiger partial charge in [0, 0.05) is 43.2 Å². The summed E-state index contributed by atoms with van der Waals surface area (Å²) in [5, 5.41) is 3.11. The van der Waals surface area contributed by atoms with E-state index in [0.717, 1.165) is 10.0 Å². The van der Waals surface area contributed by atoms with Crippen molar-refractivity contribution in [3.8, 4) is 0 Å². The molecule has 1 N–H and O–H groups in total. The number of hydrogen-bond donors (Lipinski definition) is 1. The average molecular weight is 349 g/mol. The number of carbonyl (C=O) groups excluding carboxylic acids is 1. The first-order valence-corrected chi connectivity index (χ1v) is 7.45. The number of aromatic nitrogens is 2. The number of halogens is 1. The Balaban J connectivity index is 2.20. The zero-order valence-corrected chi connectivity index (χ0v) is 13.6. The van der Waals surface area contributed by atoms with Gasteiger partial charge in [0.1, 0.15) is 5.82 Å². The third-order valence-corrected chi connectivity index (χ3v) is 3.38. The number of rotatable bonds is 5. The van der Waals surface area contributed by atoms with Gasteiger partial charge in [-0.25, -0.2) is 4.98 Å². The quantitative estimate of drug-likeness (QED) is 0.902. The lowest BCUT2D eigenvalue weighted by Gasteiger charge is -2.19. The van der Waals surface area contributed by atoms with Crippen LogP contribution in [0.3, 0.4) is 0 Å². The average Bonchev–Trinajstić information content (AvgIpc) is 2.49. The van der Waals surface area contributed by atoms with Gasteiger partial charge in [-0.15, -0.1) is 0 Å². The van der Waals surface area contributed by atoms with Gasteiger partial charge >= 0.3 is 0 Å². The molecule has 0 aliphatic rings. The zero-order chi connectivity index (χ0) is 15.2. The van der Waals surface area contributed by atoms with Crippen LogP contribution in [-0.2, 0) is 6.54 Å². The second-order valence-electron chi connectivity index (χ2n) is 4.60. The monoisotopic (exact) mass is 348 g/mol. The Hall–Kier alpha value is -1.95. The molecular formula is C15H17BrN4O. The molecular weight excluding hydrogens is 332 g/mol. The van der Waals surface area contributed by atoms with E-state index in [1.807, 2.05) is 19.1 Å². The maximum atomic E-state index is 12.6. The van der Waals surface area contributed by atoms with Gasteiger partial charge in [0.25, 0.3) is 5.91 Å². The minimum atomic E-state index is -0.0726. The van der Waals surface area contributed by atoms with Crippen LogP contribution < -0.4 is 5.32 Å². The van der Waals surface area contributed by atoms with E-state index in [4.69, 9.17) is 0 Å². The van der Waals surface area contributed by atoms with Gasteiger partial charge in [-0.05, 0) is 46.6 Å². The van der Waals surface area contributed by atoms with E-state index in [1.54, 1.807) is 36.6 Å². The first-order chi connectivity index (χ1) is 10.1. The first-order valence-electron chi connectivity index (χ1n) is 6.65. The third kappa shape index (κ3) is 4.01. The van der Waals surface area contributed by atoms with Crippen LogP contribution in [-0.4, -0.2) is 34.4 Å². The third-order valence-electron chi connectivity index (χ3n) is 2.94. The minimum absolute atomic E-state index is 0.0726. The summed E-state index contributed by atoms with van der Waals surface area (Å²) in [6.45, 7) is 3.21. The molecule has 6 heteroatoms. The zero-order valence-electron chi connectivity index (χ0n) is 12.0. The highest BCUT2D eigenvalue weighted by molar-refractivity contribution is 9.10. The van der Waals surface area contributed by atoms with Gasteiger partial charge in [0.05, 0.1) is 5.56 Å². The molecule has 2 aromatic heterocycles. The van der Waals surface area contributed by atoms with Crippen LogP contribution in [0.25, 0.3) is 0 Å². The van der Waals surface area contributed by atoms with E-state index in [2.05, 4.69) is 31.2 Å². The predicted octanol–water partition coefficient (Wildman–Crippen LogP) is 2.94. The molecule has 2 aromatic rings. The second-order valence-corrected chi connectivity index (χ2v) is 5.51. The van der Waals surface area contributed by atoms with Crippen LogP contribution in [0.15, 0.2) is 41.3 Å². The van der Waals surface area contributed by atoms with Crippen molar-refractivity contribution in [2.45, 2.75) is 13.5 Å². The van der Waals surface area contributed by atoms with E-state index in [1.165, 1.54) is 0 Å². The summed E-state index contributed by atoms with van der Waals surface area (Å²) in [7, 11) is 1.78. The number of nitrogens with one attached hydrogen (secondary N) is 1. The van der Waals surface area contributed by atoms with Crippen LogP contribution >= 0.6 is 15.9 Å². The molecule has 0 aromatic carbocycles. The summed E-state index contributed by atoms with van der Waals surface area (Å²) in [5.41, 5.74) is 1.59. The maximum absolute atomic E-state index is 12.6. The van der Waals surface area contributed by atoms with Crippen molar-refractivity contribution in [1.29, 1.82) is 0 Å². The lowest BCUT2D eigenvalue weighted by Crippen LogP contribution is -2.27. The molecule has 21 heavy (non-hydrogen) atoms. The van der Waals surface area contributed by atoms with E-state index in [0.29, 0.717) is 24.5 Å². The second kappa shape index (κ2) is 7.17. The Labute approximate surface area is 132 Å². The van der Waals surface area contributed by atoms with Gasteiger partial charge < -0.3 is 10.2 Å². The molecule has 0 aliphatic carbocycles. The van der Waals surface area contributed by atoms with Crippen molar-refractivity contribution in [2.24, 2.45) is 0 Å². The standard InChI is InChI=1S/C15H17BrN4O/c1-3-18-14-13(8-12(16)9-19-14)15(21)20(2)10-11-4-6-17-7-5-11/h4-9H,3,10H2,1-2H3,(H,18,19). The number of nitrogens with zero attached hydrogens (tertiary/aromatic N) is 3. The number of hydrogen-bond acceptors (Lipinski definition) is 4. The fourth-order valence-electron chi connectivity index (χ4n) is 1.95. The van der Waals surface area contributed by atoms with Crippen molar-refractivity contribution < 1.29 is 4.79 Å². The topological polar surface area (TPSA) is 58.1 Å². The smallest absolute Gasteiger partial charge is 0.257 e. The summed E-state index contributed by atoms with van der Waals surface area (Å²) in [5.74, 6) is 0.531. The predicted molar refractivity (Wildman–Crippen MR) is 86.1 cm³/mol. The molecule has 0 saturated heterocycles. The van der Waals surface area contributed by atoms with Crippen molar-refractivity contribution in [3.05, 3.63) is 52.4 Å². The fourth-order valence-corrected chi connectivity index (χ4v) is 2.28. The van der Waals surface area contributed by atoms with Crippen molar-refractivity contribution in [3.63, 3.8) is 0 Å². The number of pyridine rings is 2. The molecule has 0 radical (unpaired) electrons. The van der Waals surface area contributed by atoms with Crippen molar-refractivity contribution >= 4 is 27.7 Å². The van der Waals surface area contributed by atoms with Crippen LogP contribution in [0.5, 0.6) is 0 Å². The van der Waals surface area contributed by atoms with Gasteiger partial charge in [-0.1, -0.05) is 0 Å². The molecule has 0 saturated carbocycles. The van der Waals surface area contributed by atoms with Crippen LogP contribution in [0.2, 0.25) is 0 Å². The molecule has 0 fully saturated rings. The summed E-state index contributed by atoms with van der Waals surface area (Å²) in [4.78, 5) is 22.5. The van der Waals surface area contributed by atoms with E-state index < -0.39 is 0 Å². The normalized spacial score (nSPS) is 10.2. The molecule has 0 bridgehead atoms. The Morgan fingerprint density at radius 2 is 2.10 bits per heavy atom. The number of anilines is 1. The van der Waals surface area contributed by atoms with Crippen LogP contribution in [0.4, 0.5) is 5.82 Å². The molecule has 0 spiro atoms. The Morgan fingerprint density at radius 3 is 2.76 bits per heavy atom. The Bertz CT molecular complexity index is 618. The molecule has 0 atom stereocenters. The minimum Gasteiger partial charge on any atom is -0.370 e. The lowest BCUT2D eigenvalue weighted by molar-refractivity contribution is 0.0785. The molecule has 110 valence electrons. The summed E-state index contributed by atoms with van der Waals surface area (Å²) in [6, 6.07) is 5.58. The number of amides is 1. The highest BCUT2D eigenvalue weighted by Crippen LogP contribution is 2.20. The Morgan fingerprint density at radius 1 is 1.38 bits per heavy atom.